The van der Waals surface area contributed by atoms with Gasteiger partial charge in [0.15, 0.2) is 0 Å². The van der Waals surface area contributed by atoms with E-state index >= 15 is 0 Å². The van der Waals surface area contributed by atoms with Crippen LogP contribution in [0.4, 0.5) is 10.1 Å². The third-order valence-corrected chi connectivity index (χ3v) is 5.17. The van der Waals surface area contributed by atoms with E-state index in [4.69, 9.17) is 4.74 Å². The van der Waals surface area contributed by atoms with E-state index in [0.29, 0.717) is 5.54 Å². The van der Waals surface area contributed by atoms with Gasteiger partial charge in [-0.15, -0.1) is 0 Å². The highest BCUT2D eigenvalue weighted by atomic mass is 19.1. The van der Waals surface area contributed by atoms with Crippen LogP contribution in [0.5, 0.6) is 0 Å². The molecule has 2 aliphatic heterocycles. The van der Waals surface area contributed by atoms with Gasteiger partial charge in [0.25, 0.3) is 0 Å². The number of nitrogens with zero attached hydrogens (tertiary/aromatic N) is 2. The summed E-state index contributed by atoms with van der Waals surface area (Å²) in [6, 6.07) is 6.97. The molecule has 0 amide bonds. The van der Waals surface area contributed by atoms with Crippen LogP contribution in [-0.2, 0) is 4.74 Å². The van der Waals surface area contributed by atoms with Crippen LogP contribution in [0.3, 0.4) is 0 Å². The summed E-state index contributed by atoms with van der Waals surface area (Å²) in [5.41, 5.74) is 1.38. The van der Waals surface area contributed by atoms with E-state index in [1.165, 1.54) is 38.3 Å². The van der Waals surface area contributed by atoms with Gasteiger partial charge in [-0.3, -0.25) is 4.90 Å². The van der Waals surface area contributed by atoms with Crippen molar-refractivity contribution in [2.45, 2.75) is 31.2 Å². The summed E-state index contributed by atoms with van der Waals surface area (Å²) in [6.45, 7) is 5.09. The SMILES string of the molecule is COCCN1CCCC12CCN(c1cccc(F)c1)CC2. The summed E-state index contributed by atoms with van der Waals surface area (Å²) >= 11 is 0. The Balaban J connectivity index is 1.64. The van der Waals surface area contributed by atoms with E-state index < -0.39 is 0 Å². The van der Waals surface area contributed by atoms with Crippen molar-refractivity contribution in [1.82, 2.24) is 4.90 Å². The first kappa shape index (κ1) is 14.8. The summed E-state index contributed by atoms with van der Waals surface area (Å²) in [5, 5.41) is 0. The predicted octanol–water partition coefficient (Wildman–Crippen LogP) is 2.91. The zero-order valence-corrected chi connectivity index (χ0v) is 12.9. The average Bonchev–Trinajstić information content (AvgIpc) is 2.88. The molecule has 2 saturated heterocycles. The van der Waals surface area contributed by atoms with Crippen molar-refractivity contribution in [3.8, 4) is 0 Å². The number of ether oxygens (including phenoxy) is 1. The van der Waals surface area contributed by atoms with Gasteiger partial charge in [0.2, 0.25) is 0 Å². The summed E-state index contributed by atoms with van der Waals surface area (Å²) in [5.74, 6) is -0.143. The lowest BCUT2D eigenvalue weighted by Crippen LogP contribution is -2.53. The molecule has 0 unspecified atom stereocenters. The Bertz CT molecular complexity index is 472. The fourth-order valence-electron chi connectivity index (χ4n) is 3.96. The van der Waals surface area contributed by atoms with Crippen LogP contribution in [0.25, 0.3) is 0 Å². The molecular weight excluding hydrogens is 267 g/mol. The number of piperidine rings is 1. The minimum Gasteiger partial charge on any atom is -0.383 e. The number of methoxy groups -OCH3 is 1. The van der Waals surface area contributed by atoms with Crippen LogP contribution in [0, 0.1) is 5.82 Å². The van der Waals surface area contributed by atoms with Gasteiger partial charge in [-0.1, -0.05) is 6.07 Å². The van der Waals surface area contributed by atoms with E-state index in [0.717, 1.165) is 31.9 Å². The molecule has 1 aromatic rings. The molecule has 0 N–H and O–H groups in total. The topological polar surface area (TPSA) is 15.7 Å². The van der Waals surface area contributed by atoms with Crippen LogP contribution in [0.15, 0.2) is 24.3 Å². The van der Waals surface area contributed by atoms with Crippen LogP contribution in [0.1, 0.15) is 25.7 Å². The second-order valence-corrected chi connectivity index (χ2v) is 6.27. The quantitative estimate of drug-likeness (QED) is 0.848. The zero-order chi connectivity index (χ0) is 14.7. The van der Waals surface area contributed by atoms with Crippen molar-refractivity contribution in [2.75, 3.05) is 44.8 Å². The van der Waals surface area contributed by atoms with Gasteiger partial charge in [0, 0.05) is 38.0 Å². The molecule has 3 rings (SSSR count). The second-order valence-electron chi connectivity index (χ2n) is 6.27. The third-order valence-electron chi connectivity index (χ3n) is 5.17. The maximum absolute atomic E-state index is 13.4. The van der Waals surface area contributed by atoms with Gasteiger partial charge in [-0.2, -0.15) is 0 Å². The van der Waals surface area contributed by atoms with Crippen molar-refractivity contribution >= 4 is 5.69 Å². The standard InChI is InChI=1S/C17H25FN2O/c1-21-13-12-20-9-3-6-17(20)7-10-19(11-8-17)16-5-2-4-15(18)14-16/h2,4-5,14H,3,6-13H2,1H3. The Morgan fingerprint density at radius 2 is 2.00 bits per heavy atom. The molecule has 1 spiro atoms. The number of benzene rings is 1. The van der Waals surface area contributed by atoms with Crippen molar-refractivity contribution in [3.63, 3.8) is 0 Å². The molecule has 0 bridgehead atoms. The van der Waals surface area contributed by atoms with Crippen LogP contribution >= 0.6 is 0 Å². The lowest BCUT2D eigenvalue weighted by atomic mass is 9.84. The summed E-state index contributed by atoms with van der Waals surface area (Å²) in [4.78, 5) is 4.95. The van der Waals surface area contributed by atoms with Crippen molar-refractivity contribution in [2.24, 2.45) is 0 Å². The Morgan fingerprint density at radius 1 is 1.19 bits per heavy atom. The first-order valence-electron chi connectivity index (χ1n) is 7.98. The maximum atomic E-state index is 13.4. The van der Waals surface area contributed by atoms with Gasteiger partial charge >= 0.3 is 0 Å². The summed E-state index contributed by atoms with van der Waals surface area (Å²) in [6.07, 6.45) is 4.94. The molecule has 2 fully saturated rings. The van der Waals surface area contributed by atoms with E-state index in [-0.39, 0.29) is 5.82 Å². The monoisotopic (exact) mass is 292 g/mol. The van der Waals surface area contributed by atoms with Crippen LogP contribution < -0.4 is 4.90 Å². The number of hydrogen-bond donors (Lipinski definition) is 0. The van der Waals surface area contributed by atoms with Gasteiger partial charge in [-0.25, -0.2) is 4.39 Å². The van der Waals surface area contributed by atoms with E-state index in [1.54, 1.807) is 19.2 Å². The highest BCUT2D eigenvalue weighted by molar-refractivity contribution is 5.47. The number of hydrogen-bond acceptors (Lipinski definition) is 3. The molecule has 0 atom stereocenters. The average molecular weight is 292 g/mol. The van der Waals surface area contributed by atoms with Crippen LogP contribution in [0.2, 0.25) is 0 Å². The fraction of sp³-hybridized carbons (Fsp3) is 0.647. The minimum atomic E-state index is -0.143. The summed E-state index contributed by atoms with van der Waals surface area (Å²) in [7, 11) is 1.77. The zero-order valence-electron chi connectivity index (χ0n) is 12.9. The molecule has 116 valence electrons. The Kier molecular flexibility index (Phi) is 4.45. The Morgan fingerprint density at radius 3 is 2.71 bits per heavy atom. The maximum Gasteiger partial charge on any atom is 0.125 e. The highest BCUT2D eigenvalue weighted by Gasteiger charge is 2.42. The largest absolute Gasteiger partial charge is 0.383 e. The Hall–Kier alpha value is -1.13. The van der Waals surface area contributed by atoms with Crippen LogP contribution in [-0.4, -0.2) is 50.3 Å². The molecule has 0 aliphatic carbocycles. The number of likely N-dealkylation sites (tertiary alicyclic amines) is 1. The summed E-state index contributed by atoms with van der Waals surface area (Å²) < 4.78 is 18.6. The van der Waals surface area contributed by atoms with E-state index in [1.807, 2.05) is 6.07 Å². The van der Waals surface area contributed by atoms with Gasteiger partial charge < -0.3 is 9.64 Å². The molecule has 0 aromatic heterocycles. The number of rotatable bonds is 4. The van der Waals surface area contributed by atoms with Gasteiger partial charge in [0.05, 0.1) is 6.61 Å². The Labute approximate surface area is 126 Å². The van der Waals surface area contributed by atoms with E-state index in [2.05, 4.69) is 9.80 Å². The molecule has 0 saturated carbocycles. The smallest absolute Gasteiger partial charge is 0.125 e. The molecule has 2 heterocycles. The molecular formula is C17H25FN2O. The molecule has 21 heavy (non-hydrogen) atoms. The first-order chi connectivity index (χ1) is 10.2. The fourth-order valence-corrected chi connectivity index (χ4v) is 3.96. The number of halogens is 1. The normalized spacial score (nSPS) is 22.1. The number of anilines is 1. The lowest BCUT2D eigenvalue weighted by molar-refractivity contribution is 0.0719. The molecule has 0 radical (unpaired) electrons. The molecule has 1 aromatic carbocycles. The predicted molar refractivity (Wildman–Crippen MR) is 83.3 cm³/mol. The van der Waals surface area contributed by atoms with Crippen molar-refractivity contribution in [3.05, 3.63) is 30.1 Å². The van der Waals surface area contributed by atoms with E-state index in [9.17, 15) is 4.39 Å². The lowest BCUT2D eigenvalue weighted by Gasteiger charge is -2.45. The molecule has 3 nitrogen and oxygen atoms in total. The third kappa shape index (κ3) is 3.06. The van der Waals surface area contributed by atoms with Crippen molar-refractivity contribution in [1.29, 1.82) is 0 Å². The van der Waals surface area contributed by atoms with Gasteiger partial charge in [-0.05, 0) is 50.4 Å². The van der Waals surface area contributed by atoms with Gasteiger partial charge in [0.1, 0.15) is 5.82 Å². The molecule has 4 heteroatoms. The highest BCUT2D eigenvalue weighted by Crippen LogP contribution is 2.39. The first-order valence-corrected chi connectivity index (χ1v) is 7.98. The molecule has 2 aliphatic rings. The minimum absolute atomic E-state index is 0.143. The second kappa shape index (κ2) is 6.32. The van der Waals surface area contributed by atoms with Crippen molar-refractivity contribution < 1.29 is 9.13 Å².